The van der Waals surface area contributed by atoms with E-state index in [2.05, 4.69) is 36.2 Å². The highest BCUT2D eigenvalue weighted by Gasteiger charge is 2.07. The molecule has 0 aliphatic rings. The van der Waals surface area contributed by atoms with Crippen molar-refractivity contribution in [1.29, 1.82) is 0 Å². The third-order valence-corrected chi connectivity index (χ3v) is 3.59. The normalized spacial score (nSPS) is 10.4. The predicted molar refractivity (Wildman–Crippen MR) is 92.0 cm³/mol. The van der Waals surface area contributed by atoms with Gasteiger partial charge in [0.1, 0.15) is 0 Å². The van der Waals surface area contributed by atoms with Gasteiger partial charge in [-0.1, -0.05) is 45.6 Å². The van der Waals surface area contributed by atoms with Crippen molar-refractivity contribution < 1.29 is 4.79 Å². The molecular formula is C18H30N2O. The zero-order chi connectivity index (χ0) is 15.5. The first-order valence-electron chi connectivity index (χ1n) is 8.30. The van der Waals surface area contributed by atoms with Crippen LogP contribution in [0.3, 0.4) is 0 Å². The van der Waals surface area contributed by atoms with E-state index in [9.17, 15) is 4.79 Å². The lowest BCUT2D eigenvalue weighted by atomic mass is 10.2. The minimum atomic E-state index is -0.0179. The fraction of sp³-hybridized carbons (Fsp3) is 0.611. The molecule has 1 N–H and O–H groups in total. The number of unbranched alkanes of at least 4 members (excludes halogenated alkanes) is 4. The molecule has 0 saturated heterocycles. The molecule has 0 bridgehead atoms. The maximum absolute atomic E-state index is 11.2. The number of nitrogens with zero attached hydrogens (tertiary/aromatic N) is 1. The molecule has 0 spiro atoms. The molecule has 1 rings (SSSR count). The van der Waals surface area contributed by atoms with Gasteiger partial charge in [-0.25, -0.2) is 0 Å². The molecule has 0 atom stereocenters. The van der Waals surface area contributed by atoms with E-state index < -0.39 is 0 Å². The minimum absolute atomic E-state index is 0.0179. The number of hydrogen-bond donors (Lipinski definition) is 1. The van der Waals surface area contributed by atoms with Gasteiger partial charge in [0.2, 0.25) is 5.91 Å². The van der Waals surface area contributed by atoms with Gasteiger partial charge in [-0.2, -0.15) is 0 Å². The Morgan fingerprint density at radius 1 is 1.05 bits per heavy atom. The number of amides is 1. The number of benzene rings is 1. The van der Waals surface area contributed by atoms with Crippen LogP contribution >= 0.6 is 0 Å². The second kappa shape index (κ2) is 10.3. The number of carbonyl (C=O) groups excluding carboxylic acids is 1. The molecule has 0 unspecified atom stereocenters. The zero-order valence-electron chi connectivity index (χ0n) is 13.8. The summed E-state index contributed by atoms with van der Waals surface area (Å²) in [6, 6.07) is 8.19. The summed E-state index contributed by atoms with van der Waals surface area (Å²) in [5.74, 6) is -0.0179. The fourth-order valence-electron chi connectivity index (χ4n) is 2.46. The Balaban J connectivity index is 2.72. The molecular weight excluding hydrogens is 260 g/mol. The molecule has 0 aromatic heterocycles. The molecule has 1 aromatic rings. The molecule has 1 amide bonds. The summed E-state index contributed by atoms with van der Waals surface area (Å²) in [7, 11) is 0. The molecule has 0 aliphatic carbocycles. The lowest BCUT2D eigenvalue weighted by molar-refractivity contribution is -0.114. The van der Waals surface area contributed by atoms with Crippen LogP contribution in [0.25, 0.3) is 0 Å². The monoisotopic (exact) mass is 290 g/mol. The Morgan fingerprint density at radius 3 is 2.19 bits per heavy atom. The van der Waals surface area contributed by atoms with Crippen LogP contribution in [0, 0.1) is 0 Å². The number of hydrogen-bond acceptors (Lipinski definition) is 2. The Morgan fingerprint density at radius 2 is 1.67 bits per heavy atom. The van der Waals surface area contributed by atoms with Crippen LogP contribution in [0.2, 0.25) is 0 Å². The van der Waals surface area contributed by atoms with Crippen molar-refractivity contribution in [3.05, 3.63) is 24.3 Å². The van der Waals surface area contributed by atoms with Gasteiger partial charge < -0.3 is 10.2 Å². The summed E-state index contributed by atoms with van der Waals surface area (Å²) in [4.78, 5) is 13.6. The summed E-state index contributed by atoms with van der Waals surface area (Å²) in [6.45, 7) is 8.22. The van der Waals surface area contributed by atoms with Crippen LogP contribution in [-0.2, 0) is 4.79 Å². The fourth-order valence-corrected chi connectivity index (χ4v) is 2.46. The van der Waals surface area contributed by atoms with Crippen LogP contribution in [-0.4, -0.2) is 19.0 Å². The van der Waals surface area contributed by atoms with E-state index in [0.29, 0.717) is 0 Å². The lowest BCUT2D eigenvalue weighted by Gasteiger charge is -2.25. The van der Waals surface area contributed by atoms with Crippen molar-refractivity contribution in [2.75, 3.05) is 23.3 Å². The smallest absolute Gasteiger partial charge is 0.221 e. The average molecular weight is 290 g/mol. The summed E-state index contributed by atoms with van der Waals surface area (Å²) in [6.07, 6.45) is 7.49. The molecule has 3 heteroatoms. The van der Waals surface area contributed by atoms with Gasteiger partial charge >= 0.3 is 0 Å². The Bertz CT molecular complexity index is 407. The third-order valence-electron chi connectivity index (χ3n) is 3.59. The van der Waals surface area contributed by atoms with Crippen LogP contribution in [0.15, 0.2) is 24.3 Å². The van der Waals surface area contributed by atoms with E-state index in [4.69, 9.17) is 0 Å². The summed E-state index contributed by atoms with van der Waals surface area (Å²) < 4.78 is 0. The highest BCUT2D eigenvalue weighted by molar-refractivity contribution is 5.89. The molecule has 21 heavy (non-hydrogen) atoms. The van der Waals surface area contributed by atoms with Gasteiger partial charge in [0.05, 0.1) is 0 Å². The predicted octanol–water partition coefficient (Wildman–Crippen LogP) is 4.83. The van der Waals surface area contributed by atoms with E-state index in [0.717, 1.165) is 18.8 Å². The average Bonchev–Trinajstić information content (AvgIpc) is 2.45. The van der Waals surface area contributed by atoms with E-state index in [-0.39, 0.29) is 5.91 Å². The second-order valence-electron chi connectivity index (χ2n) is 5.63. The molecule has 3 nitrogen and oxygen atoms in total. The van der Waals surface area contributed by atoms with Crippen molar-refractivity contribution in [1.82, 2.24) is 0 Å². The number of nitrogens with one attached hydrogen (secondary N) is 1. The van der Waals surface area contributed by atoms with Crippen molar-refractivity contribution in [2.45, 2.75) is 59.3 Å². The Hall–Kier alpha value is -1.51. The van der Waals surface area contributed by atoms with E-state index >= 15 is 0 Å². The van der Waals surface area contributed by atoms with Crippen LogP contribution in [0.1, 0.15) is 59.3 Å². The van der Waals surface area contributed by atoms with Gasteiger partial charge in [0, 0.05) is 31.4 Å². The molecule has 0 heterocycles. The molecule has 0 fully saturated rings. The highest BCUT2D eigenvalue weighted by Crippen LogP contribution is 2.21. The third kappa shape index (κ3) is 7.16. The Labute approximate surface area is 129 Å². The van der Waals surface area contributed by atoms with Gasteiger partial charge in [-0.05, 0) is 31.0 Å². The largest absolute Gasteiger partial charge is 0.371 e. The van der Waals surface area contributed by atoms with E-state index in [1.807, 2.05) is 12.1 Å². The summed E-state index contributed by atoms with van der Waals surface area (Å²) in [5, 5.41) is 2.87. The topological polar surface area (TPSA) is 32.3 Å². The molecule has 0 radical (unpaired) electrons. The van der Waals surface area contributed by atoms with Crippen molar-refractivity contribution in [3.8, 4) is 0 Å². The van der Waals surface area contributed by atoms with E-state index in [1.54, 1.807) is 6.92 Å². The summed E-state index contributed by atoms with van der Waals surface area (Å²) in [5.41, 5.74) is 2.10. The molecule has 0 saturated carbocycles. The van der Waals surface area contributed by atoms with E-state index in [1.165, 1.54) is 44.2 Å². The zero-order valence-corrected chi connectivity index (χ0v) is 13.8. The number of rotatable bonds is 10. The first-order valence-corrected chi connectivity index (χ1v) is 8.30. The van der Waals surface area contributed by atoms with Gasteiger partial charge in [0.25, 0.3) is 0 Å². The second-order valence-corrected chi connectivity index (χ2v) is 5.63. The number of anilines is 2. The van der Waals surface area contributed by atoms with Crippen LogP contribution < -0.4 is 10.2 Å². The van der Waals surface area contributed by atoms with Gasteiger partial charge in [-0.3, -0.25) is 4.79 Å². The van der Waals surface area contributed by atoms with Crippen LogP contribution in [0.4, 0.5) is 11.4 Å². The summed E-state index contributed by atoms with van der Waals surface area (Å²) >= 11 is 0. The van der Waals surface area contributed by atoms with Crippen molar-refractivity contribution in [3.63, 3.8) is 0 Å². The van der Waals surface area contributed by atoms with Crippen molar-refractivity contribution in [2.24, 2.45) is 0 Å². The van der Waals surface area contributed by atoms with Gasteiger partial charge in [0.15, 0.2) is 0 Å². The standard InChI is InChI=1S/C18H30N2O/c1-4-6-8-13-20(14-9-7-5-2)18-12-10-11-17(15-18)19-16(3)21/h10-12,15H,4-9,13-14H2,1-3H3,(H,19,21). The quantitative estimate of drug-likeness (QED) is 0.626. The van der Waals surface area contributed by atoms with Gasteiger partial charge in [-0.15, -0.1) is 0 Å². The SMILES string of the molecule is CCCCCN(CCCCC)c1cccc(NC(C)=O)c1. The first-order chi connectivity index (χ1) is 10.2. The highest BCUT2D eigenvalue weighted by atomic mass is 16.1. The molecule has 0 aliphatic heterocycles. The maximum Gasteiger partial charge on any atom is 0.221 e. The molecule has 1 aromatic carbocycles. The number of carbonyl (C=O) groups is 1. The first kappa shape index (κ1) is 17.5. The van der Waals surface area contributed by atoms with Crippen molar-refractivity contribution >= 4 is 17.3 Å². The Kier molecular flexibility index (Phi) is 8.56. The molecule has 118 valence electrons. The van der Waals surface area contributed by atoms with Crippen LogP contribution in [0.5, 0.6) is 0 Å². The minimum Gasteiger partial charge on any atom is -0.371 e. The lowest BCUT2D eigenvalue weighted by Crippen LogP contribution is -2.25. The maximum atomic E-state index is 11.2.